The Hall–Kier alpha value is -2.31. The number of carbonyl (C=O) groups is 2. The van der Waals surface area contributed by atoms with E-state index in [0.717, 1.165) is 0 Å². The number of aliphatic carboxylic acids is 1. The zero-order valence-electron chi connectivity index (χ0n) is 8.08. The van der Waals surface area contributed by atoms with Gasteiger partial charge in [-0.25, -0.2) is 18.0 Å². The molecule has 0 atom stereocenters. The topological polar surface area (TPSA) is 74.6 Å². The highest BCUT2D eigenvalue weighted by Crippen LogP contribution is 2.21. The van der Waals surface area contributed by atoms with Gasteiger partial charge in [0.15, 0.2) is 0 Å². The number of hydrogen-bond acceptors (Lipinski definition) is 3. The number of ketones is 1. The minimum absolute atomic E-state index is 0.127. The molecule has 0 heterocycles. The maximum Gasteiger partial charge on any atom is 0.376 e. The number of hydrogen-bond donors (Lipinski definition) is 2. The standard InChI is InChI=1S/C10H5F3O4/c11-4-1-5(12)9(6(13)2-4)7(14)3-8(15)10(16)17/h1-3,14H,(H,16,17). The fourth-order valence-electron chi connectivity index (χ4n) is 1.04. The van der Waals surface area contributed by atoms with E-state index in [4.69, 9.17) is 10.2 Å². The minimum atomic E-state index is -1.90. The summed E-state index contributed by atoms with van der Waals surface area (Å²) in [5.74, 6) is -8.80. The first-order valence-corrected chi connectivity index (χ1v) is 4.15. The van der Waals surface area contributed by atoms with E-state index >= 15 is 0 Å². The van der Waals surface area contributed by atoms with Crippen molar-refractivity contribution in [1.82, 2.24) is 0 Å². The van der Waals surface area contributed by atoms with Crippen LogP contribution in [-0.4, -0.2) is 22.0 Å². The Morgan fingerprint density at radius 1 is 1.06 bits per heavy atom. The Labute approximate surface area is 92.6 Å². The molecule has 0 radical (unpaired) electrons. The Kier molecular flexibility index (Phi) is 3.52. The summed E-state index contributed by atoms with van der Waals surface area (Å²) < 4.78 is 38.7. The molecule has 0 aromatic heterocycles. The molecule has 0 spiro atoms. The van der Waals surface area contributed by atoms with Crippen LogP contribution in [0.2, 0.25) is 0 Å². The van der Waals surface area contributed by atoms with Crippen LogP contribution < -0.4 is 0 Å². The molecule has 0 aliphatic carbocycles. The molecular weight excluding hydrogens is 241 g/mol. The van der Waals surface area contributed by atoms with Gasteiger partial charge >= 0.3 is 5.97 Å². The number of aliphatic hydroxyl groups is 1. The second-order valence-electron chi connectivity index (χ2n) is 2.94. The van der Waals surface area contributed by atoms with Crippen LogP contribution in [0.5, 0.6) is 0 Å². The predicted octanol–water partition coefficient (Wildman–Crippen LogP) is 1.66. The van der Waals surface area contributed by atoms with E-state index in [-0.39, 0.29) is 18.2 Å². The molecule has 0 bridgehead atoms. The summed E-state index contributed by atoms with van der Waals surface area (Å²) >= 11 is 0. The van der Waals surface area contributed by atoms with Crippen molar-refractivity contribution in [3.8, 4) is 0 Å². The van der Waals surface area contributed by atoms with Crippen molar-refractivity contribution in [1.29, 1.82) is 0 Å². The highest BCUT2D eigenvalue weighted by molar-refractivity contribution is 6.38. The average Bonchev–Trinajstić information content (AvgIpc) is 2.15. The molecule has 2 N–H and O–H groups in total. The predicted molar refractivity (Wildman–Crippen MR) is 49.6 cm³/mol. The smallest absolute Gasteiger partial charge is 0.376 e. The highest BCUT2D eigenvalue weighted by Gasteiger charge is 2.18. The molecule has 0 saturated heterocycles. The highest BCUT2D eigenvalue weighted by atomic mass is 19.1. The van der Waals surface area contributed by atoms with E-state index in [0.29, 0.717) is 0 Å². The van der Waals surface area contributed by atoms with E-state index in [1.807, 2.05) is 0 Å². The number of carboxylic acid groups (broad SMARTS) is 1. The first kappa shape index (κ1) is 12.8. The van der Waals surface area contributed by atoms with Gasteiger partial charge in [-0.05, 0) is 0 Å². The van der Waals surface area contributed by atoms with Crippen molar-refractivity contribution in [3.63, 3.8) is 0 Å². The van der Waals surface area contributed by atoms with E-state index in [1.165, 1.54) is 0 Å². The average molecular weight is 246 g/mol. The summed E-state index contributed by atoms with van der Waals surface area (Å²) in [5.41, 5.74) is -1.07. The lowest BCUT2D eigenvalue weighted by molar-refractivity contribution is -0.146. The van der Waals surface area contributed by atoms with Gasteiger partial charge in [0.25, 0.3) is 5.78 Å². The van der Waals surface area contributed by atoms with Crippen molar-refractivity contribution in [2.24, 2.45) is 0 Å². The molecule has 0 fully saturated rings. The number of carbonyl (C=O) groups excluding carboxylic acids is 1. The maximum absolute atomic E-state index is 13.1. The van der Waals surface area contributed by atoms with Crippen LogP contribution in [0, 0.1) is 17.5 Å². The van der Waals surface area contributed by atoms with Crippen LogP contribution in [0.25, 0.3) is 5.76 Å². The van der Waals surface area contributed by atoms with Crippen molar-refractivity contribution >= 4 is 17.5 Å². The zero-order chi connectivity index (χ0) is 13.2. The van der Waals surface area contributed by atoms with E-state index in [2.05, 4.69) is 0 Å². The van der Waals surface area contributed by atoms with Crippen LogP contribution in [0.4, 0.5) is 13.2 Å². The maximum atomic E-state index is 13.1. The molecule has 0 aliphatic heterocycles. The van der Waals surface area contributed by atoms with Crippen molar-refractivity contribution in [2.45, 2.75) is 0 Å². The molecule has 4 nitrogen and oxygen atoms in total. The minimum Gasteiger partial charge on any atom is -0.507 e. The third kappa shape index (κ3) is 2.83. The van der Waals surface area contributed by atoms with Crippen LogP contribution >= 0.6 is 0 Å². The molecular formula is C10H5F3O4. The first-order chi connectivity index (χ1) is 7.82. The van der Waals surface area contributed by atoms with Gasteiger partial charge in [0, 0.05) is 18.2 Å². The Morgan fingerprint density at radius 2 is 1.53 bits per heavy atom. The van der Waals surface area contributed by atoms with Crippen molar-refractivity contribution in [3.05, 3.63) is 41.2 Å². The number of carboxylic acids is 1. The van der Waals surface area contributed by atoms with Crippen molar-refractivity contribution < 1.29 is 33.0 Å². The SMILES string of the molecule is O=C(O)C(=O)C=C(O)c1c(F)cc(F)cc1F. The van der Waals surface area contributed by atoms with Gasteiger partial charge in [0.05, 0.1) is 5.56 Å². The third-order valence-electron chi connectivity index (χ3n) is 1.74. The molecule has 90 valence electrons. The van der Waals surface area contributed by atoms with E-state index < -0.39 is 40.5 Å². The number of halogens is 3. The Bertz CT molecular complexity index is 499. The van der Waals surface area contributed by atoms with Gasteiger partial charge in [-0.15, -0.1) is 0 Å². The number of benzene rings is 1. The Morgan fingerprint density at radius 3 is 1.94 bits per heavy atom. The normalized spacial score (nSPS) is 11.4. The molecule has 1 aromatic carbocycles. The molecule has 17 heavy (non-hydrogen) atoms. The summed E-state index contributed by atoms with van der Waals surface area (Å²) in [4.78, 5) is 20.8. The molecule has 0 amide bonds. The van der Waals surface area contributed by atoms with Gasteiger partial charge in [-0.3, -0.25) is 4.79 Å². The van der Waals surface area contributed by atoms with Gasteiger partial charge in [0.2, 0.25) is 0 Å². The number of aliphatic hydroxyl groups excluding tert-OH is 1. The van der Waals surface area contributed by atoms with Gasteiger partial charge in [-0.2, -0.15) is 0 Å². The quantitative estimate of drug-likeness (QED) is 0.483. The lowest BCUT2D eigenvalue weighted by Gasteiger charge is -2.03. The summed E-state index contributed by atoms with van der Waals surface area (Å²) in [6, 6.07) is 0.571. The van der Waals surface area contributed by atoms with E-state index in [9.17, 15) is 22.8 Å². The summed E-state index contributed by atoms with van der Waals surface area (Å²) in [6.07, 6.45) is 0.127. The summed E-state index contributed by atoms with van der Waals surface area (Å²) in [5, 5.41) is 17.4. The first-order valence-electron chi connectivity index (χ1n) is 4.15. The molecule has 1 rings (SSSR count). The van der Waals surface area contributed by atoms with Gasteiger partial charge in [0.1, 0.15) is 23.2 Å². The lowest BCUT2D eigenvalue weighted by atomic mass is 10.1. The van der Waals surface area contributed by atoms with Crippen LogP contribution in [0.3, 0.4) is 0 Å². The lowest BCUT2D eigenvalue weighted by Crippen LogP contribution is -2.10. The largest absolute Gasteiger partial charge is 0.507 e. The van der Waals surface area contributed by atoms with E-state index in [1.54, 1.807) is 0 Å². The molecule has 1 aromatic rings. The fourth-order valence-corrected chi connectivity index (χ4v) is 1.04. The van der Waals surface area contributed by atoms with Crippen LogP contribution in [0.1, 0.15) is 5.56 Å². The molecule has 7 heteroatoms. The second kappa shape index (κ2) is 4.69. The summed E-state index contributed by atoms with van der Waals surface area (Å²) in [7, 11) is 0. The van der Waals surface area contributed by atoms with Gasteiger partial charge < -0.3 is 10.2 Å². The zero-order valence-corrected chi connectivity index (χ0v) is 8.08. The second-order valence-corrected chi connectivity index (χ2v) is 2.94. The number of rotatable bonds is 3. The summed E-state index contributed by atoms with van der Waals surface area (Å²) in [6.45, 7) is 0. The molecule has 0 aliphatic rings. The van der Waals surface area contributed by atoms with Gasteiger partial charge in [-0.1, -0.05) is 0 Å². The van der Waals surface area contributed by atoms with Crippen molar-refractivity contribution in [2.75, 3.05) is 0 Å². The fraction of sp³-hybridized carbons (Fsp3) is 0. The third-order valence-corrected chi connectivity index (χ3v) is 1.74. The van der Waals surface area contributed by atoms with Crippen LogP contribution in [-0.2, 0) is 9.59 Å². The molecule has 0 saturated carbocycles. The Balaban J connectivity index is 3.26. The monoisotopic (exact) mass is 246 g/mol. The molecule has 0 unspecified atom stereocenters. The van der Waals surface area contributed by atoms with Crippen LogP contribution in [0.15, 0.2) is 18.2 Å².